The van der Waals surface area contributed by atoms with Gasteiger partial charge in [-0.1, -0.05) is 0 Å². The Balaban J connectivity index is 1.65. The van der Waals surface area contributed by atoms with Crippen LogP contribution in [0.4, 0.5) is 21.6 Å². The summed E-state index contributed by atoms with van der Waals surface area (Å²) in [5, 5.41) is 17.4. The second-order valence-corrected chi connectivity index (χ2v) is 7.80. The Morgan fingerprint density at radius 1 is 1.24 bits per heavy atom. The average Bonchev–Trinajstić information content (AvgIpc) is 2.80. The first-order chi connectivity index (χ1) is 16.4. The zero-order chi connectivity index (χ0) is 24.5. The predicted octanol–water partition coefficient (Wildman–Crippen LogP) is 4.60. The molecule has 0 fully saturated rings. The molecular formula is C22H19FIN5O5. The Labute approximate surface area is 207 Å². The second kappa shape index (κ2) is 11.9. The van der Waals surface area contributed by atoms with Gasteiger partial charge >= 0.3 is 0 Å². The number of nitrogens with one attached hydrogen (secondary N) is 2. The lowest BCUT2D eigenvalue weighted by Crippen LogP contribution is -2.20. The van der Waals surface area contributed by atoms with Gasteiger partial charge in [-0.3, -0.25) is 20.3 Å². The van der Waals surface area contributed by atoms with Crippen molar-refractivity contribution in [2.24, 2.45) is 5.10 Å². The number of nitrogens with zero attached hydrogens (tertiary/aromatic N) is 3. The zero-order valence-corrected chi connectivity index (χ0v) is 20.0. The number of carbonyl (C=O) groups is 1. The van der Waals surface area contributed by atoms with Gasteiger partial charge in [0.15, 0.2) is 18.1 Å². The first kappa shape index (κ1) is 24.8. The predicted molar refractivity (Wildman–Crippen MR) is 133 cm³/mol. The molecule has 0 saturated carbocycles. The molecule has 0 atom stereocenters. The summed E-state index contributed by atoms with van der Waals surface area (Å²) in [6.07, 6.45) is 2.66. The minimum Gasteiger partial charge on any atom is -0.490 e. The van der Waals surface area contributed by atoms with Crippen molar-refractivity contribution >= 4 is 51.9 Å². The molecule has 176 valence electrons. The number of benzene rings is 2. The maximum Gasteiger partial charge on any atom is 0.287 e. The Hall–Kier alpha value is -3.81. The molecule has 0 saturated heterocycles. The number of anilines is 2. The Bertz CT molecular complexity index is 1190. The van der Waals surface area contributed by atoms with Crippen molar-refractivity contribution in [2.75, 3.05) is 24.0 Å². The van der Waals surface area contributed by atoms with E-state index in [-0.39, 0.29) is 12.3 Å². The van der Waals surface area contributed by atoms with Gasteiger partial charge in [0.25, 0.3) is 11.6 Å². The number of pyridine rings is 1. The molecule has 0 radical (unpaired) electrons. The summed E-state index contributed by atoms with van der Waals surface area (Å²) in [5.74, 6) is 0.370. The lowest BCUT2D eigenvalue weighted by molar-refractivity contribution is -0.385. The van der Waals surface area contributed by atoms with Crippen LogP contribution in [0.5, 0.6) is 11.5 Å². The molecule has 34 heavy (non-hydrogen) atoms. The second-order valence-electron chi connectivity index (χ2n) is 6.64. The number of hydrogen-bond donors (Lipinski definition) is 2. The van der Waals surface area contributed by atoms with Gasteiger partial charge in [-0.2, -0.15) is 5.10 Å². The number of halogens is 2. The summed E-state index contributed by atoms with van der Waals surface area (Å²) in [7, 11) is 0. The van der Waals surface area contributed by atoms with Gasteiger partial charge in [-0.05, 0) is 77.5 Å². The van der Waals surface area contributed by atoms with Crippen molar-refractivity contribution in [3.8, 4) is 11.5 Å². The van der Waals surface area contributed by atoms with Gasteiger partial charge in [0, 0.05) is 11.8 Å². The maximum absolute atomic E-state index is 13.0. The van der Waals surface area contributed by atoms with Crippen molar-refractivity contribution in [3.05, 3.63) is 79.8 Å². The topological polar surface area (TPSA) is 128 Å². The quantitative estimate of drug-likeness (QED) is 0.156. The average molecular weight is 579 g/mol. The SMILES string of the molecule is CCOc1cc(/C=N/Nc2ccc([N+](=O)[O-])cn2)cc(I)c1OCC(=O)Nc1ccc(F)cc1. The lowest BCUT2D eigenvalue weighted by atomic mass is 10.2. The largest absolute Gasteiger partial charge is 0.490 e. The van der Waals surface area contributed by atoms with Crippen molar-refractivity contribution in [1.82, 2.24) is 4.98 Å². The fourth-order valence-corrected chi connectivity index (χ4v) is 3.45. The number of amides is 1. The lowest BCUT2D eigenvalue weighted by Gasteiger charge is -2.14. The molecule has 1 heterocycles. The highest BCUT2D eigenvalue weighted by molar-refractivity contribution is 14.1. The van der Waals surface area contributed by atoms with Crippen molar-refractivity contribution < 1.29 is 23.6 Å². The van der Waals surface area contributed by atoms with Crippen LogP contribution in [0.15, 0.2) is 59.8 Å². The van der Waals surface area contributed by atoms with Gasteiger partial charge in [-0.15, -0.1) is 0 Å². The van der Waals surface area contributed by atoms with E-state index in [4.69, 9.17) is 9.47 Å². The Morgan fingerprint density at radius 3 is 2.65 bits per heavy atom. The fraction of sp³-hybridized carbons (Fsp3) is 0.136. The third kappa shape index (κ3) is 7.10. The first-order valence-electron chi connectivity index (χ1n) is 9.89. The van der Waals surface area contributed by atoms with Crippen LogP contribution >= 0.6 is 22.6 Å². The molecule has 12 heteroatoms. The third-order valence-corrected chi connectivity index (χ3v) is 4.96. The van der Waals surface area contributed by atoms with Crippen LogP contribution in [0.1, 0.15) is 12.5 Å². The van der Waals surface area contributed by atoms with E-state index < -0.39 is 16.6 Å². The van der Waals surface area contributed by atoms with Gasteiger partial charge in [-0.25, -0.2) is 9.37 Å². The summed E-state index contributed by atoms with van der Waals surface area (Å²) in [5.41, 5.74) is 3.72. The molecule has 0 aliphatic rings. The number of hydrazone groups is 1. The van der Waals surface area contributed by atoms with E-state index in [0.29, 0.717) is 38.7 Å². The maximum atomic E-state index is 13.0. The monoisotopic (exact) mass is 579 g/mol. The van der Waals surface area contributed by atoms with Crippen LogP contribution in [0.3, 0.4) is 0 Å². The molecule has 2 aromatic carbocycles. The summed E-state index contributed by atoms with van der Waals surface area (Å²) in [6, 6.07) is 11.7. The van der Waals surface area contributed by atoms with Crippen LogP contribution in [-0.4, -0.2) is 35.2 Å². The van der Waals surface area contributed by atoms with E-state index in [0.717, 1.165) is 6.20 Å². The number of aromatic nitrogens is 1. The van der Waals surface area contributed by atoms with E-state index in [1.165, 1.54) is 42.6 Å². The molecule has 0 spiro atoms. The molecule has 1 aromatic heterocycles. The number of rotatable bonds is 10. The van der Waals surface area contributed by atoms with Crippen molar-refractivity contribution in [3.63, 3.8) is 0 Å². The molecule has 10 nitrogen and oxygen atoms in total. The highest BCUT2D eigenvalue weighted by Gasteiger charge is 2.14. The Morgan fingerprint density at radius 2 is 2.00 bits per heavy atom. The highest BCUT2D eigenvalue weighted by atomic mass is 127. The number of carbonyl (C=O) groups excluding carboxylic acids is 1. The zero-order valence-electron chi connectivity index (χ0n) is 17.8. The number of hydrogen-bond acceptors (Lipinski definition) is 8. The highest BCUT2D eigenvalue weighted by Crippen LogP contribution is 2.34. The third-order valence-electron chi connectivity index (χ3n) is 4.16. The minimum atomic E-state index is -0.534. The van der Waals surface area contributed by atoms with Crippen LogP contribution in [-0.2, 0) is 4.79 Å². The molecule has 3 rings (SSSR count). The van der Waals surface area contributed by atoms with Crippen LogP contribution < -0.4 is 20.2 Å². The van der Waals surface area contributed by atoms with Crippen LogP contribution in [0, 0.1) is 19.5 Å². The smallest absolute Gasteiger partial charge is 0.287 e. The van der Waals surface area contributed by atoms with Gasteiger partial charge in [0.2, 0.25) is 0 Å². The number of ether oxygens (including phenoxy) is 2. The van der Waals surface area contributed by atoms with E-state index in [2.05, 4.69) is 43.4 Å². The van der Waals surface area contributed by atoms with Crippen molar-refractivity contribution in [1.29, 1.82) is 0 Å². The van der Waals surface area contributed by atoms with E-state index >= 15 is 0 Å². The fourth-order valence-electron chi connectivity index (χ4n) is 2.67. The minimum absolute atomic E-state index is 0.118. The van der Waals surface area contributed by atoms with Crippen LogP contribution in [0.25, 0.3) is 0 Å². The van der Waals surface area contributed by atoms with E-state index in [9.17, 15) is 19.3 Å². The molecule has 0 unspecified atom stereocenters. The summed E-state index contributed by atoms with van der Waals surface area (Å²) < 4.78 is 25.0. The van der Waals surface area contributed by atoms with Gasteiger partial charge in [0.05, 0.1) is 21.3 Å². The normalized spacial score (nSPS) is 10.7. The summed E-state index contributed by atoms with van der Waals surface area (Å²) >= 11 is 2.06. The van der Waals surface area contributed by atoms with Crippen molar-refractivity contribution in [2.45, 2.75) is 6.92 Å². The summed E-state index contributed by atoms with van der Waals surface area (Å²) in [4.78, 5) is 26.3. The number of nitro groups is 1. The van der Waals surface area contributed by atoms with Crippen LogP contribution in [0.2, 0.25) is 0 Å². The molecule has 0 aliphatic heterocycles. The first-order valence-corrected chi connectivity index (χ1v) is 11.0. The van der Waals surface area contributed by atoms with Gasteiger partial charge in [0.1, 0.15) is 17.8 Å². The summed E-state index contributed by atoms with van der Waals surface area (Å²) in [6.45, 7) is 1.93. The van der Waals surface area contributed by atoms with Gasteiger partial charge < -0.3 is 14.8 Å². The standard InChI is InChI=1S/C22H19FIN5O5/c1-2-33-19-10-14(11-26-28-20-8-7-17(12-25-20)29(31)32)9-18(24)22(19)34-13-21(30)27-16-5-3-15(23)4-6-16/h3-12H,2,13H2,1H3,(H,25,28)(H,27,30)/b26-11+. The Kier molecular flexibility index (Phi) is 8.67. The molecule has 0 aliphatic carbocycles. The molecule has 2 N–H and O–H groups in total. The molecular weight excluding hydrogens is 560 g/mol. The molecule has 0 bridgehead atoms. The molecule has 3 aromatic rings. The molecule has 1 amide bonds. The van der Waals surface area contributed by atoms with E-state index in [1.54, 1.807) is 12.1 Å². The van der Waals surface area contributed by atoms with E-state index in [1.807, 2.05) is 6.92 Å².